The normalized spacial score (nSPS) is 11.9. The number of ether oxygens (including phenoxy) is 1. The molecule has 0 spiro atoms. The Balaban J connectivity index is 1.20. The number of benzene rings is 7. The molecular weight excluding hydrogens is 524 g/mol. The molecule has 1 aromatic heterocycles. The number of hydrogen-bond donors (Lipinski definition) is 0. The highest BCUT2D eigenvalue weighted by Gasteiger charge is 2.22. The molecule has 0 N–H and O–H groups in total. The van der Waals surface area contributed by atoms with E-state index in [4.69, 9.17) is 9.72 Å². The van der Waals surface area contributed by atoms with E-state index in [0.29, 0.717) is 11.3 Å². The van der Waals surface area contributed by atoms with Crippen LogP contribution in [0.5, 0.6) is 11.5 Å². The van der Waals surface area contributed by atoms with Crippen LogP contribution in [0, 0.1) is 11.3 Å². The quantitative estimate of drug-likeness (QED) is 0.203. The first kappa shape index (κ1) is 23.7. The average molecular weight is 547 g/mol. The van der Waals surface area contributed by atoms with Crippen LogP contribution in [0.1, 0.15) is 5.56 Å². The Hall–Kier alpha value is -5.98. The second-order valence-corrected chi connectivity index (χ2v) is 11.0. The molecule has 0 unspecified atom stereocenters. The first-order valence-electron chi connectivity index (χ1n) is 14.3. The Bertz CT molecular complexity index is 2490. The van der Waals surface area contributed by atoms with Gasteiger partial charge in [-0.3, -0.25) is 4.98 Å². The lowest BCUT2D eigenvalue weighted by Gasteiger charge is -2.22. The van der Waals surface area contributed by atoms with Crippen LogP contribution in [-0.4, -0.2) is 4.98 Å². The maximum Gasteiger partial charge on any atom is 0.136 e. The van der Waals surface area contributed by atoms with Crippen LogP contribution in [0.2, 0.25) is 0 Å². The van der Waals surface area contributed by atoms with Gasteiger partial charge in [0.05, 0.1) is 17.3 Å². The lowest BCUT2D eigenvalue weighted by atomic mass is 9.90. The Morgan fingerprint density at radius 3 is 2.14 bits per heavy atom. The van der Waals surface area contributed by atoms with Gasteiger partial charge in [0.2, 0.25) is 0 Å². The maximum atomic E-state index is 9.37. The van der Waals surface area contributed by atoms with Crippen LogP contribution >= 0.6 is 0 Å². The van der Waals surface area contributed by atoms with Gasteiger partial charge in [-0.1, -0.05) is 91.0 Å². The maximum absolute atomic E-state index is 9.37. The molecule has 9 rings (SSSR count). The minimum atomic E-state index is 0.586. The van der Waals surface area contributed by atoms with E-state index in [1.54, 1.807) is 0 Å². The predicted molar refractivity (Wildman–Crippen MR) is 175 cm³/mol. The van der Waals surface area contributed by atoms with E-state index in [-0.39, 0.29) is 0 Å². The van der Waals surface area contributed by atoms with E-state index >= 15 is 0 Å². The highest BCUT2D eigenvalue weighted by Crippen LogP contribution is 2.48. The van der Waals surface area contributed by atoms with Gasteiger partial charge in [-0.05, 0) is 85.2 Å². The van der Waals surface area contributed by atoms with Crippen molar-refractivity contribution in [2.45, 2.75) is 0 Å². The largest absolute Gasteiger partial charge is 0.456 e. The van der Waals surface area contributed by atoms with Crippen molar-refractivity contribution in [3.05, 3.63) is 139 Å². The van der Waals surface area contributed by atoms with Gasteiger partial charge in [-0.2, -0.15) is 5.26 Å². The first-order valence-corrected chi connectivity index (χ1v) is 14.3. The number of fused-ring (bicyclic) bond motifs is 7. The molecule has 0 fully saturated rings. The van der Waals surface area contributed by atoms with Crippen molar-refractivity contribution in [1.82, 2.24) is 4.98 Å². The van der Waals surface area contributed by atoms with E-state index in [0.717, 1.165) is 44.5 Å². The van der Waals surface area contributed by atoms with Crippen LogP contribution in [0.4, 0.5) is 0 Å². The summed E-state index contributed by atoms with van der Waals surface area (Å²) in [5.41, 5.74) is 6.92. The summed E-state index contributed by atoms with van der Waals surface area (Å²) in [7, 11) is 0. The van der Waals surface area contributed by atoms with Crippen LogP contribution in [0.25, 0.3) is 76.6 Å². The van der Waals surface area contributed by atoms with Gasteiger partial charge in [-0.15, -0.1) is 0 Å². The van der Waals surface area contributed by atoms with Gasteiger partial charge < -0.3 is 4.74 Å². The minimum Gasteiger partial charge on any atom is -0.456 e. The van der Waals surface area contributed by atoms with E-state index in [1.807, 2.05) is 36.5 Å². The molecular formula is C40H22N2O. The molecule has 0 saturated heterocycles. The zero-order chi connectivity index (χ0) is 28.5. The molecule has 3 nitrogen and oxygen atoms in total. The second kappa shape index (κ2) is 9.01. The third-order valence-corrected chi connectivity index (χ3v) is 8.74. The molecule has 7 aromatic carbocycles. The standard InChI is InChI=1S/C40H22N2O/c41-22-24-12-15-32-34-18-17-31(33-10-5-11-38(40(33)34)43-39(32)20-24)37-19-14-26(23-42-37)35-21-36-27-7-2-1-6-25(27)13-16-30(36)28-8-3-4-9-29(28)35/h1-21,23H. The summed E-state index contributed by atoms with van der Waals surface area (Å²) in [6.07, 6.45) is 2.00. The molecule has 0 amide bonds. The lowest BCUT2D eigenvalue weighted by Crippen LogP contribution is -1.98. The fourth-order valence-electron chi connectivity index (χ4n) is 6.74. The minimum absolute atomic E-state index is 0.586. The second-order valence-electron chi connectivity index (χ2n) is 11.0. The van der Waals surface area contributed by atoms with Gasteiger partial charge >= 0.3 is 0 Å². The molecule has 0 radical (unpaired) electrons. The molecule has 198 valence electrons. The fraction of sp³-hybridized carbons (Fsp3) is 0. The number of pyridine rings is 1. The van der Waals surface area contributed by atoms with E-state index in [1.165, 1.54) is 37.9 Å². The van der Waals surface area contributed by atoms with Crippen molar-refractivity contribution in [3.8, 4) is 51.1 Å². The van der Waals surface area contributed by atoms with Crippen molar-refractivity contribution < 1.29 is 4.74 Å². The molecule has 2 heterocycles. The smallest absolute Gasteiger partial charge is 0.136 e. The van der Waals surface area contributed by atoms with Crippen LogP contribution in [0.3, 0.4) is 0 Å². The summed E-state index contributed by atoms with van der Waals surface area (Å²) >= 11 is 0. The molecule has 1 aliphatic heterocycles. The fourth-order valence-corrected chi connectivity index (χ4v) is 6.74. The van der Waals surface area contributed by atoms with Crippen molar-refractivity contribution in [1.29, 1.82) is 5.26 Å². The number of nitriles is 1. The third-order valence-electron chi connectivity index (χ3n) is 8.74. The van der Waals surface area contributed by atoms with Crippen LogP contribution < -0.4 is 4.74 Å². The predicted octanol–water partition coefficient (Wildman–Crippen LogP) is 10.7. The van der Waals surface area contributed by atoms with Crippen LogP contribution in [0.15, 0.2) is 134 Å². The van der Waals surface area contributed by atoms with Gasteiger partial charge in [0.25, 0.3) is 0 Å². The highest BCUT2D eigenvalue weighted by molar-refractivity contribution is 6.21. The zero-order valence-corrected chi connectivity index (χ0v) is 23.0. The highest BCUT2D eigenvalue weighted by atomic mass is 16.5. The molecule has 0 aliphatic carbocycles. The molecule has 1 aliphatic rings. The molecule has 0 bridgehead atoms. The van der Waals surface area contributed by atoms with Gasteiger partial charge in [-0.25, -0.2) is 0 Å². The Morgan fingerprint density at radius 1 is 0.512 bits per heavy atom. The van der Waals surface area contributed by atoms with Crippen molar-refractivity contribution >= 4 is 43.1 Å². The monoisotopic (exact) mass is 546 g/mol. The van der Waals surface area contributed by atoms with Crippen molar-refractivity contribution in [2.75, 3.05) is 0 Å². The van der Waals surface area contributed by atoms with E-state index < -0.39 is 0 Å². The summed E-state index contributed by atoms with van der Waals surface area (Å²) in [5, 5.41) is 19.0. The summed E-state index contributed by atoms with van der Waals surface area (Å²) in [6, 6.07) is 46.6. The molecule has 43 heavy (non-hydrogen) atoms. The molecule has 3 heteroatoms. The Morgan fingerprint density at radius 2 is 1.28 bits per heavy atom. The third kappa shape index (κ3) is 3.51. The Kier molecular flexibility index (Phi) is 4.97. The molecule has 0 atom stereocenters. The Labute approximate surface area is 247 Å². The van der Waals surface area contributed by atoms with Crippen molar-refractivity contribution in [3.63, 3.8) is 0 Å². The topological polar surface area (TPSA) is 45.9 Å². The van der Waals surface area contributed by atoms with Gasteiger partial charge in [0.1, 0.15) is 11.5 Å². The summed E-state index contributed by atoms with van der Waals surface area (Å²) in [4.78, 5) is 5.02. The number of hydrogen-bond acceptors (Lipinski definition) is 3. The van der Waals surface area contributed by atoms with Gasteiger partial charge in [0.15, 0.2) is 0 Å². The van der Waals surface area contributed by atoms with Crippen LogP contribution in [-0.2, 0) is 0 Å². The number of rotatable bonds is 2. The summed E-state index contributed by atoms with van der Waals surface area (Å²) < 4.78 is 6.29. The van der Waals surface area contributed by atoms with Crippen molar-refractivity contribution in [2.24, 2.45) is 0 Å². The molecule has 0 saturated carbocycles. The first-order chi connectivity index (χ1) is 21.3. The summed E-state index contributed by atoms with van der Waals surface area (Å²) in [6.45, 7) is 0. The SMILES string of the molecule is N#Cc1ccc2c(c1)Oc1cccc3c(-c4ccc(-c5cc6c7ccccc7ccc6c6ccccc56)cn4)ccc-2c13. The van der Waals surface area contributed by atoms with Gasteiger partial charge in [0, 0.05) is 28.3 Å². The summed E-state index contributed by atoms with van der Waals surface area (Å²) in [5.74, 6) is 1.51. The number of nitrogens with zero attached hydrogens (tertiary/aromatic N) is 2. The van der Waals surface area contributed by atoms with E-state index in [9.17, 15) is 5.26 Å². The lowest BCUT2D eigenvalue weighted by molar-refractivity contribution is 0.487. The number of aromatic nitrogens is 1. The average Bonchev–Trinajstić information content (AvgIpc) is 3.07. The zero-order valence-electron chi connectivity index (χ0n) is 23.0. The molecule has 8 aromatic rings. The van der Waals surface area contributed by atoms with E-state index in [2.05, 4.69) is 103 Å².